The predicted octanol–water partition coefficient (Wildman–Crippen LogP) is 9.45. The Hall–Kier alpha value is -2.68. The summed E-state index contributed by atoms with van der Waals surface area (Å²) < 4.78 is 6.12. The number of hydrogen-bond acceptors (Lipinski definition) is 3. The third-order valence-electron chi connectivity index (χ3n) is 6.66. The molecule has 3 heteroatoms. The Morgan fingerprint density at radius 2 is 1.14 bits per heavy atom. The molecule has 1 aromatic heterocycles. The van der Waals surface area contributed by atoms with E-state index >= 15 is 0 Å². The highest BCUT2D eigenvalue weighted by Crippen LogP contribution is 2.26. The summed E-state index contributed by atoms with van der Waals surface area (Å²) in [6, 6.07) is 17.0. The van der Waals surface area contributed by atoms with Crippen LogP contribution >= 0.6 is 0 Å². The molecule has 0 bridgehead atoms. The molecule has 0 amide bonds. The fraction of sp³-hybridized carbons (Fsp3) is 0.500. The van der Waals surface area contributed by atoms with E-state index in [2.05, 4.69) is 79.3 Å². The minimum Gasteiger partial charge on any atom is -0.491 e. The minimum atomic E-state index is 0.259. The second-order valence-electron chi connectivity index (χ2n) is 9.81. The molecule has 0 saturated carbocycles. The van der Waals surface area contributed by atoms with Crippen LogP contribution in [0.25, 0.3) is 22.5 Å². The number of benzene rings is 2. The number of nitrogens with zero attached hydrogens (tertiary/aromatic N) is 2. The number of ether oxygens (including phenoxy) is 1. The molecule has 3 rings (SSSR count). The van der Waals surface area contributed by atoms with Gasteiger partial charge in [-0.2, -0.15) is 0 Å². The summed E-state index contributed by atoms with van der Waals surface area (Å²) in [7, 11) is 0. The van der Waals surface area contributed by atoms with Gasteiger partial charge >= 0.3 is 0 Å². The Balaban J connectivity index is 1.48. The number of hydrogen-bond donors (Lipinski definition) is 0. The first-order valence-corrected chi connectivity index (χ1v) is 13.9. The zero-order valence-corrected chi connectivity index (χ0v) is 22.1. The molecule has 0 saturated heterocycles. The average Bonchev–Trinajstić information content (AvgIpc) is 2.89. The first-order chi connectivity index (χ1) is 17.2. The summed E-state index contributed by atoms with van der Waals surface area (Å²) >= 11 is 0. The van der Waals surface area contributed by atoms with Crippen molar-refractivity contribution in [2.24, 2.45) is 0 Å². The van der Waals surface area contributed by atoms with Gasteiger partial charge in [-0.15, -0.1) is 0 Å². The van der Waals surface area contributed by atoms with Crippen molar-refractivity contribution < 1.29 is 4.74 Å². The fourth-order valence-electron chi connectivity index (χ4n) is 4.43. The lowest BCUT2D eigenvalue weighted by molar-refractivity contribution is 0.206. The molecule has 0 N–H and O–H groups in total. The molecule has 3 nitrogen and oxygen atoms in total. The normalized spacial score (nSPS) is 12.0. The topological polar surface area (TPSA) is 35.0 Å². The Morgan fingerprint density at radius 1 is 0.629 bits per heavy atom. The molecule has 0 aliphatic carbocycles. The van der Waals surface area contributed by atoms with Crippen molar-refractivity contribution >= 4 is 0 Å². The standard InChI is InChI=1S/C32H44N2O/c1-4-6-8-10-12-14-26(3)35-31-22-20-29(21-23-31)28-16-18-30(19-17-28)32-33-24-27(25-34-32)15-13-11-9-7-5-2/h16-26H,4-15H2,1-3H3. The maximum atomic E-state index is 6.12. The molecule has 1 unspecified atom stereocenters. The van der Waals surface area contributed by atoms with E-state index in [1.54, 1.807) is 0 Å². The second kappa shape index (κ2) is 15.3. The summed E-state index contributed by atoms with van der Waals surface area (Å²) in [5.41, 5.74) is 4.66. The lowest BCUT2D eigenvalue weighted by Crippen LogP contribution is -2.11. The monoisotopic (exact) mass is 472 g/mol. The first kappa shape index (κ1) is 26.9. The second-order valence-corrected chi connectivity index (χ2v) is 9.81. The van der Waals surface area contributed by atoms with Crippen LogP contribution in [-0.2, 0) is 6.42 Å². The summed E-state index contributed by atoms with van der Waals surface area (Å²) in [6.07, 6.45) is 19.4. The molecule has 1 heterocycles. The van der Waals surface area contributed by atoms with E-state index in [0.717, 1.165) is 30.0 Å². The molecule has 0 spiro atoms. The Bertz CT molecular complexity index is 948. The van der Waals surface area contributed by atoms with Crippen molar-refractivity contribution in [3.8, 4) is 28.3 Å². The third-order valence-corrected chi connectivity index (χ3v) is 6.66. The Kier molecular flexibility index (Phi) is 11.8. The van der Waals surface area contributed by atoms with Gasteiger partial charge in [0.05, 0.1) is 6.10 Å². The molecule has 0 aliphatic rings. The van der Waals surface area contributed by atoms with Crippen molar-refractivity contribution in [1.29, 1.82) is 0 Å². The molecule has 188 valence electrons. The van der Waals surface area contributed by atoms with Crippen molar-refractivity contribution in [2.75, 3.05) is 0 Å². The molecule has 0 fully saturated rings. The highest BCUT2D eigenvalue weighted by Gasteiger charge is 2.06. The van der Waals surface area contributed by atoms with E-state index in [0.29, 0.717) is 0 Å². The number of unbranched alkanes of at least 4 members (excludes halogenated alkanes) is 8. The van der Waals surface area contributed by atoms with Crippen molar-refractivity contribution in [3.63, 3.8) is 0 Å². The van der Waals surface area contributed by atoms with Crippen molar-refractivity contribution in [2.45, 2.75) is 104 Å². The fourth-order valence-corrected chi connectivity index (χ4v) is 4.43. The maximum Gasteiger partial charge on any atom is 0.159 e. The highest BCUT2D eigenvalue weighted by atomic mass is 16.5. The first-order valence-electron chi connectivity index (χ1n) is 13.9. The third kappa shape index (κ3) is 9.47. The van der Waals surface area contributed by atoms with E-state index in [9.17, 15) is 0 Å². The van der Waals surface area contributed by atoms with E-state index in [1.165, 1.54) is 80.9 Å². The minimum absolute atomic E-state index is 0.259. The van der Waals surface area contributed by atoms with Gasteiger partial charge < -0.3 is 4.74 Å². The van der Waals surface area contributed by atoms with Crippen LogP contribution in [0.5, 0.6) is 5.75 Å². The smallest absolute Gasteiger partial charge is 0.159 e. The van der Waals surface area contributed by atoms with Gasteiger partial charge in [0, 0.05) is 18.0 Å². The lowest BCUT2D eigenvalue weighted by Gasteiger charge is -2.15. The van der Waals surface area contributed by atoms with Crippen LogP contribution in [0, 0.1) is 0 Å². The van der Waals surface area contributed by atoms with Crippen LogP contribution in [0.2, 0.25) is 0 Å². The average molecular weight is 473 g/mol. The molecule has 0 radical (unpaired) electrons. The van der Waals surface area contributed by atoms with E-state index in [-0.39, 0.29) is 6.10 Å². The van der Waals surface area contributed by atoms with Gasteiger partial charge in [0.15, 0.2) is 5.82 Å². The predicted molar refractivity (Wildman–Crippen MR) is 149 cm³/mol. The zero-order valence-electron chi connectivity index (χ0n) is 22.1. The van der Waals surface area contributed by atoms with Crippen molar-refractivity contribution in [1.82, 2.24) is 9.97 Å². The highest BCUT2D eigenvalue weighted by molar-refractivity contribution is 5.68. The van der Waals surface area contributed by atoms with Crippen LogP contribution in [-0.4, -0.2) is 16.1 Å². The van der Waals surface area contributed by atoms with E-state index < -0.39 is 0 Å². The van der Waals surface area contributed by atoms with Crippen LogP contribution in [0.15, 0.2) is 60.9 Å². The molecule has 0 aliphatic heterocycles. The van der Waals surface area contributed by atoms with Gasteiger partial charge in [-0.3, -0.25) is 0 Å². The quantitative estimate of drug-likeness (QED) is 0.195. The van der Waals surface area contributed by atoms with Gasteiger partial charge in [0.1, 0.15) is 5.75 Å². The van der Waals surface area contributed by atoms with E-state index in [4.69, 9.17) is 4.74 Å². The van der Waals surface area contributed by atoms with Gasteiger partial charge in [0.2, 0.25) is 0 Å². The molecular weight excluding hydrogens is 428 g/mol. The van der Waals surface area contributed by atoms with Crippen LogP contribution in [0.4, 0.5) is 0 Å². The SMILES string of the molecule is CCCCCCCc1cnc(-c2ccc(-c3ccc(OC(C)CCCCCCC)cc3)cc2)nc1. The number of aromatic nitrogens is 2. The Labute approximate surface area is 213 Å². The van der Waals surface area contributed by atoms with Crippen LogP contribution in [0.1, 0.15) is 97.0 Å². The van der Waals surface area contributed by atoms with Gasteiger partial charge in [-0.05, 0) is 61.4 Å². The van der Waals surface area contributed by atoms with Gasteiger partial charge in [0.25, 0.3) is 0 Å². The molecule has 3 aromatic rings. The molecule has 1 atom stereocenters. The van der Waals surface area contributed by atoms with E-state index in [1.807, 2.05) is 12.4 Å². The zero-order chi connectivity index (χ0) is 24.7. The summed E-state index contributed by atoms with van der Waals surface area (Å²) in [6.45, 7) is 6.69. The van der Waals surface area contributed by atoms with Gasteiger partial charge in [-0.25, -0.2) is 9.97 Å². The molecule has 2 aromatic carbocycles. The number of aryl methyl sites for hydroxylation is 1. The maximum absolute atomic E-state index is 6.12. The van der Waals surface area contributed by atoms with Crippen LogP contribution < -0.4 is 4.74 Å². The molecular formula is C32H44N2O. The van der Waals surface area contributed by atoms with Crippen LogP contribution in [0.3, 0.4) is 0 Å². The largest absolute Gasteiger partial charge is 0.491 e. The molecule has 35 heavy (non-hydrogen) atoms. The van der Waals surface area contributed by atoms with Gasteiger partial charge in [-0.1, -0.05) is 102 Å². The summed E-state index contributed by atoms with van der Waals surface area (Å²) in [4.78, 5) is 9.23. The van der Waals surface area contributed by atoms with Crippen molar-refractivity contribution in [3.05, 3.63) is 66.5 Å². The number of rotatable bonds is 16. The summed E-state index contributed by atoms with van der Waals surface area (Å²) in [5.74, 6) is 1.74. The summed E-state index contributed by atoms with van der Waals surface area (Å²) in [5, 5.41) is 0. The lowest BCUT2D eigenvalue weighted by atomic mass is 10.0. The Morgan fingerprint density at radius 3 is 1.74 bits per heavy atom.